The van der Waals surface area contributed by atoms with Crippen molar-refractivity contribution in [1.29, 1.82) is 0 Å². The molecule has 3 rings (SSSR count). The third kappa shape index (κ3) is 5.24. The molecule has 0 saturated carbocycles. The predicted octanol–water partition coefficient (Wildman–Crippen LogP) is 4.84. The van der Waals surface area contributed by atoms with E-state index in [2.05, 4.69) is 5.32 Å². The summed E-state index contributed by atoms with van der Waals surface area (Å²) in [5, 5.41) is 2.40. The van der Waals surface area contributed by atoms with E-state index < -0.39 is 35.4 Å². The van der Waals surface area contributed by atoms with Crippen LogP contribution in [-0.2, 0) is 25.3 Å². The summed E-state index contributed by atoms with van der Waals surface area (Å²) >= 11 is 0. The lowest BCUT2D eigenvalue weighted by Gasteiger charge is -2.33. The Morgan fingerprint density at radius 2 is 1.79 bits per heavy atom. The number of nitrogens with one attached hydrogen (secondary N) is 1. The molecule has 1 atom stereocenters. The van der Waals surface area contributed by atoms with Crippen LogP contribution in [0.4, 0.5) is 24.5 Å². The van der Waals surface area contributed by atoms with Crippen LogP contribution in [0.1, 0.15) is 31.4 Å². The number of ether oxygens (including phenoxy) is 1. The summed E-state index contributed by atoms with van der Waals surface area (Å²) in [4.78, 5) is 40.1. The molecule has 0 bridgehead atoms. The van der Waals surface area contributed by atoms with Crippen molar-refractivity contribution in [2.45, 2.75) is 33.4 Å². The van der Waals surface area contributed by atoms with Crippen molar-refractivity contribution in [3.8, 4) is 0 Å². The molecule has 0 unspecified atom stereocenters. The van der Waals surface area contributed by atoms with E-state index in [4.69, 9.17) is 4.74 Å². The van der Waals surface area contributed by atoms with E-state index in [1.54, 1.807) is 19.1 Å². The second kappa shape index (κ2) is 9.48. The minimum absolute atomic E-state index is 0.0125. The second-order valence-corrected chi connectivity index (χ2v) is 7.61. The third-order valence-corrected chi connectivity index (χ3v) is 5.26. The zero-order valence-corrected chi connectivity index (χ0v) is 18.3. The molecule has 0 radical (unpaired) electrons. The number of carbonyl (C=O) groups excluding carboxylic acids is 3. The van der Waals surface area contributed by atoms with E-state index >= 15 is 0 Å². The minimum atomic E-state index is -4.58. The lowest BCUT2D eigenvalue weighted by molar-refractivity contribution is -0.141. The summed E-state index contributed by atoms with van der Waals surface area (Å²) in [6.45, 7) is 5.09. The molecule has 1 aliphatic rings. The molecule has 1 heterocycles. The van der Waals surface area contributed by atoms with Crippen molar-refractivity contribution >= 4 is 29.2 Å². The maximum atomic E-state index is 13.0. The Balaban J connectivity index is 1.98. The number of nitrogens with zero attached hydrogens (tertiary/aromatic N) is 1. The number of amides is 2. The molecule has 6 nitrogen and oxygen atoms in total. The first-order chi connectivity index (χ1) is 15.5. The number of hydrogen-bond donors (Lipinski definition) is 1. The molecule has 1 aliphatic heterocycles. The topological polar surface area (TPSA) is 75.7 Å². The highest BCUT2D eigenvalue weighted by Gasteiger charge is 2.40. The number of aryl methyl sites for hydroxylation is 1. The maximum Gasteiger partial charge on any atom is 0.416 e. The number of anilines is 2. The number of hydrogen-bond acceptors (Lipinski definition) is 4. The van der Waals surface area contributed by atoms with Crippen molar-refractivity contribution in [3.05, 3.63) is 70.9 Å². The van der Waals surface area contributed by atoms with Gasteiger partial charge in [0.05, 0.1) is 23.7 Å². The monoisotopic (exact) mass is 460 g/mol. The van der Waals surface area contributed by atoms with Crippen molar-refractivity contribution in [3.63, 3.8) is 0 Å². The van der Waals surface area contributed by atoms with Crippen LogP contribution in [-0.4, -0.2) is 24.4 Å². The van der Waals surface area contributed by atoms with Gasteiger partial charge in [0.1, 0.15) is 0 Å². The molecule has 1 N–H and O–H groups in total. The average Bonchev–Trinajstić information content (AvgIpc) is 2.74. The number of rotatable bonds is 5. The molecule has 2 aromatic carbocycles. The van der Waals surface area contributed by atoms with Crippen LogP contribution in [0.15, 0.2) is 59.8 Å². The van der Waals surface area contributed by atoms with Crippen LogP contribution in [0.5, 0.6) is 0 Å². The highest BCUT2D eigenvalue weighted by molar-refractivity contribution is 6.10. The molecule has 2 aromatic rings. The second-order valence-electron chi connectivity index (χ2n) is 7.61. The summed E-state index contributed by atoms with van der Waals surface area (Å²) < 4.78 is 44.2. The molecule has 0 aromatic heterocycles. The zero-order valence-electron chi connectivity index (χ0n) is 18.3. The van der Waals surface area contributed by atoms with Gasteiger partial charge in [0.15, 0.2) is 0 Å². The lowest BCUT2D eigenvalue weighted by Crippen LogP contribution is -2.43. The molecule has 33 heavy (non-hydrogen) atoms. The summed E-state index contributed by atoms with van der Waals surface area (Å²) in [7, 11) is 0. The van der Waals surface area contributed by atoms with Gasteiger partial charge in [0.25, 0.3) is 0 Å². The summed E-state index contributed by atoms with van der Waals surface area (Å²) in [6.07, 6.45) is -4.92. The smallest absolute Gasteiger partial charge is 0.416 e. The van der Waals surface area contributed by atoms with E-state index in [1.165, 1.54) is 17.9 Å². The molecule has 0 fully saturated rings. The van der Waals surface area contributed by atoms with E-state index in [-0.39, 0.29) is 30.0 Å². The van der Waals surface area contributed by atoms with E-state index in [0.717, 1.165) is 23.8 Å². The first-order valence-electron chi connectivity index (χ1n) is 10.3. The number of alkyl halides is 3. The summed E-state index contributed by atoms with van der Waals surface area (Å²) in [5.74, 6) is -3.17. The Bertz CT molecular complexity index is 1110. The fourth-order valence-electron chi connectivity index (χ4n) is 3.68. The SMILES string of the molecule is CCOC(=O)C1=C(C)N(c2ccc(C)cc2)C(=O)C[C@@H]1C(=O)Nc1cccc(C(F)(F)F)c1. The number of esters is 1. The Kier molecular flexibility index (Phi) is 6.90. The Hall–Kier alpha value is -3.62. The first-order valence-corrected chi connectivity index (χ1v) is 10.3. The van der Waals surface area contributed by atoms with Gasteiger partial charge in [0.2, 0.25) is 11.8 Å². The largest absolute Gasteiger partial charge is 0.463 e. The Morgan fingerprint density at radius 1 is 1.12 bits per heavy atom. The van der Waals surface area contributed by atoms with Crippen molar-refractivity contribution in [2.75, 3.05) is 16.8 Å². The molecular weight excluding hydrogens is 437 g/mol. The highest BCUT2D eigenvalue weighted by atomic mass is 19.4. The quantitative estimate of drug-likeness (QED) is 0.648. The van der Waals surface area contributed by atoms with E-state index in [9.17, 15) is 27.6 Å². The van der Waals surface area contributed by atoms with Crippen LogP contribution in [0.25, 0.3) is 0 Å². The number of allylic oxidation sites excluding steroid dienone is 1. The van der Waals surface area contributed by atoms with Crippen LogP contribution >= 0.6 is 0 Å². The van der Waals surface area contributed by atoms with Crippen molar-refractivity contribution in [1.82, 2.24) is 0 Å². The van der Waals surface area contributed by atoms with Gasteiger partial charge in [-0.3, -0.25) is 14.5 Å². The average molecular weight is 460 g/mol. The Labute approximate surface area is 189 Å². The summed E-state index contributed by atoms with van der Waals surface area (Å²) in [6, 6.07) is 11.2. The Morgan fingerprint density at radius 3 is 2.39 bits per heavy atom. The van der Waals surface area contributed by atoms with Crippen LogP contribution in [0.2, 0.25) is 0 Å². The van der Waals surface area contributed by atoms with Gasteiger partial charge in [-0.1, -0.05) is 23.8 Å². The van der Waals surface area contributed by atoms with Gasteiger partial charge in [0, 0.05) is 23.5 Å². The van der Waals surface area contributed by atoms with E-state index in [1.807, 2.05) is 19.1 Å². The maximum absolute atomic E-state index is 13.0. The highest BCUT2D eigenvalue weighted by Crippen LogP contribution is 2.35. The van der Waals surface area contributed by atoms with E-state index in [0.29, 0.717) is 5.69 Å². The molecular formula is C24H23F3N2O4. The molecule has 2 amide bonds. The molecule has 9 heteroatoms. The predicted molar refractivity (Wildman–Crippen MR) is 116 cm³/mol. The van der Waals surface area contributed by atoms with Gasteiger partial charge in [-0.05, 0) is 51.1 Å². The molecule has 0 spiro atoms. The standard InChI is InChI=1S/C24H23F3N2O4/c1-4-33-23(32)21-15(3)29(18-10-8-14(2)9-11-18)20(30)13-19(21)22(31)28-17-7-5-6-16(12-17)24(25,26)27/h5-12,19H,4,13H2,1-3H3,(H,28,31)/t19-/m0/s1. The first kappa shape index (κ1) is 24.0. The molecule has 0 saturated heterocycles. The lowest BCUT2D eigenvalue weighted by atomic mass is 9.88. The normalized spacial score (nSPS) is 16.6. The van der Waals surface area contributed by atoms with Gasteiger partial charge in [-0.15, -0.1) is 0 Å². The van der Waals surface area contributed by atoms with Crippen molar-refractivity contribution < 1.29 is 32.3 Å². The fourth-order valence-corrected chi connectivity index (χ4v) is 3.68. The van der Waals surface area contributed by atoms with Crippen LogP contribution in [0.3, 0.4) is 0 Å². The molecule has 0 aliphatic carbocycles. The van der Waals surface area contributed by atoms with Crippen molar-refractivity contribution in [2.24, 2.45) is 5.92 Å². The number of benzene rings is 2. The molecule has 174 valence electrons. The number of halogens is 3. The fraction of sp³-hybridized carbons (Fsp3) is 0.292. The minimum Gasteiger partial charge on any atom is -0.463 e. The zero-order chi connectivity index (χ0) is 24.3. The van der Waals surface area contributed by atoms with Crippen LogP contribution in [0, 0.1) is 12.8 Å². The third-order valence-electron chi connectivity index (χ3n) is 5.26. The van der Waals surface area contributed by atoms with Gasteiger partial charge >= 0.3 is 12.1 Å². The van der Waals surface area contributed by atoms with Gasteiger partial charge < -0.3 is 10.1 Å². The number of carbonyl (C=O) groups is 3. The van der Waals surface area contributed by atoms with Gasteiger partial charge in [-0.2, -0.15) is 13.2 Å². The van der Waals surface area contributed by atoms with Crippen LogP contribution < -0.4 is 10.2 Å². The summed E-state index contributed by atoms with van der Waals surface area (Å²) in [5.41, 5.74) is 0.710. The van der Waals surface area contributed by atoms with Gasteiger partial charge in [-0.25, -0.2) is 4.79 Å².